The molecule has 66 heavy (non-hydrogen) atoms. The number of tetrazole rings is 1. The first-order chi connectivity index (χ1) is 31.7. The molecule has 7 aromatic rings. The van der Waals surface area contributed by atoms with Crippen LogP contribution in [0.2, 0.25) is 0 Å². The molecule has 1 aliphatic heterocycles. The number of anilines is 1. The van der Waals surface area contributed by atoms with Gasteiger partial charge in [-0.3, -0.25) is 0 Å². The van der Waals surface area contributed by atoms with Crippen LogP contribution >= 0.6 is 0 Å². The van der Waals surface area contributed by atoms with E-state index in [1.807, 2.05) is 124 Å². The maximum Gasteiger partial charge on any atom is 0.410 e. The summed E-state index contributed by atoms with van der Waals surface area (Å²) >= 11 is 0. The predicted molar refractivity (Wildman–Crippen MR) is 252 cm³/mol. The summed E-state index contributed by atoms with van der Waals surface area (Å²) in [7, 11) is 0.323. The molecule has 0 atom stereocenters. The van der Waals surface area contributed by atoms with Gasteiger partial charge in [0.2, 0.25) is 15.8 Å². The van der Waals surface area contributed by atoms with Crippen molar-refractivity contribution in [2.75, 3.05) is 40.2 Å². The number of nitrogens with zero attached hydrogens (tertiary/aromatic N) is 7. The molecule has 8 rings (SSSR count). The van der Waals surface area contributed by atoms with E-state index in [4.69, 9.17) is 29.8 Å². The number of likely N-dealkylation sites (tertiary alicyclic amines) is 1. The summed E-state index contributed by atoms with van der Waals surface area (Å²) < 4.78 is 55.8. The Hall–Kier alpha value is -6.98. The zero-order chi connectivity index (χ0) is 46.6. The van der Waals surface area contributed by atoms with Crippen molar-refractivity contribution < 1.29 is 32.2 Å². The molecule has 5 aromatic carbocycles. The lowest BCUT2D eigenvalue weighted by atomic mass is 9.88. The Balaban J connectivity index is 1.31. The number of hydrogen-bond acceptors (Lipinski definition) is 12. The molecule has 0 aliphatic carbocycles. The van der Waals surface area contributed by atoms with E-state index in [0.29, 0.717) is 77.3 Å². The van der Waals surface area contributed by atoms with Crippen LogP contribution in [0.4, 0.5) is 10.7 Å². The minimum Gasteiger partial charge on any atom is -0.497 e. The summed E-state index contributed by atoms with van der Waals surface area (Å²) in [4.78, 5) is 24.0. The lowest BCUT2D eigenvalue weighted by Crippen LogP contribution is -2.42. The Morgan fingerprint density at radius 3 is 1.92 bits per heavy atom. The number of methoxy groups -OCH3 is 3. The maximum absolute atomic E-state index is 16.2. The second kappa shape index (κ2) is 19.2. The minimum atomic E-state index is -4.46. The Bertz CT molecular complexity index is 2850. The molecule has 3 N–H and O–H groups in total. The molecule has 0 saturated carbocycles. The van der Waals surface area contributed by atoms with E-state index in [9.17, 15) is 4.79 Å². The average molecular weight is 914 g/mol. The Morgan fingerprint density at radius 1 is 0.788 bits per heavy atom. The number of nitrogen functional groups attached to an aromatic ring is 1. The lowest BCUT2D eigenvalue weighted by molar-refractivity contribution is 0.0184. The third kappa shape index (κ3) is 10.3. The van der Waals surface area contributed by atoms with Crippen LogP contribution in [0.3, 0.4) is 0 Å². The molecule has 2 aromatic heterocycles. The first kappa shape index (κ1) is 45.6. The number of aromatic amines is 1. The predicted octanol–water partition coefficient (Wildman–Crippen LogP) is 8.12. The fraction of sp³-hybridized carbons (Fsp3) is 0.327. The molecule has 3 heterocycles. The Labute approximate surface area is 384 Å². The molecule has 344 valence electrons. The fourth-order valence-electron chi connectivity index (χ4n) is 8.29. The molecule has 0 bridgehead atoms. The molecule has 1 fully saturated rings. The van der Waals surface area contributed by atoms with Gasteiger partial charge in [0.25, 0.3) is 0 Å². The quantitative estimate of drug-likeness (QED) is 0.101. The number of nitrogens with one attached hydrogen (secondary N) is 1. The highest BCUT2D eigenvalue weighted by Gasteiger charge is 2.36. The Kier molecular flexibility index (Phi) is 13.3. The molecule has 16 nitrogen and oxygen atoms in total. The van der Waals surface area contributed by atoms with Gasteiger partial charge in [-0.2, -0.15) is 9.10 Å². The second-order valence-electron chi connectivity index (χ2n) is 17.4. The number of para-hydroxylation sites is 1. The van der Waals surface area contributed by atoms with Gasteiger partial charge in [0, 0.05) is 31.7 Å². The van der Waals surface area contributed by atoms with E-state index in [2.05, 4.69) is 20.3 Å². The number of piperidine rings is 1. The van der Waals surface area contributed by atoms with Crippen molar-refractivity contribution in [3.63, 3.8) is 0 Å². The van der Waals surface area contributed by atoms with Gasteiger partial charge in [0.15, 0.2) is 5.95 Å². The van der Waals surface area contributed by atoms with E-state index in [0.717, 1.165) is 16.7 Å². The van der Waals surface area contributed by atoms with Gasteiger partial charge >= 0.3 is 6.09 Å². The van der Waals surface area contributed by atoms with E-state index in [1.54, 1.807) is 26.2 Å². The number of sulfonamides is 1. The van der Waals surface area contributed by atoms with E-state index >= 15 is 8.42 Å². The summed E-state index contributed by atoms with van der Waals surface area (Å²) in [6.07, 6.45) is 1.31. The van der Waals surface area contributed by atoms with Gasteiger partial charge in [-0.25, -0.2) is 18.2 Å². The molecule has 17 heteroatoms. The largest absolute Gasteiger partial charge is 0.497 e. The molecular weight excluding hydrogens is 859 g/mol. The van der Waals surface area contributed by atoms with Gasteiger partial charge in [-0.05, 0) is 121 Å². The van der Waals surface area contributed by atoms with Gasteiger partial charge in [-0.15, -0.1) is 10.2 Å². The average Bonchev–Trinajstić information content (AvgIpc) is 3.94. The fourth-order valence-corrected chi connectivity index (χ4v) is 10.1. The summed E-state index contributed by atoms with van der Waals surface area (Å²) in [6, 6.07) is 31.7. The van der Waals surface area contributed by atoms with E-state index in [-0.39, 0.29) is 53.9 Å². The van der Waals surface area contributed by atoms with E-state index in [1.165, 1.54) is 9.10 Å². The van der Waals surface area contributed by atoms with Gasteiger partial charge in [0.1, 0.15) is 22.8 Å². The number of imidazole rings is 1. The van der Waals surface area contributed by atoms with Crippen molar-refractivity contribution in [1.82, 2.24) is 39.4 Å². The van der Waals surface area contributed by atoms with Crippen molar-refractivity contribution in [3.05, 3.63) is 125 Å². The van der Waals surface area contributed by atoms with Crippen LogP contribution < -0.4 is 19.9 Å². The minimum absolute atomic E-state index is 0.0278. The molecule has 0 unspecified atom stereocenters. The van der Waals surface area contributed by atoms with Crippen LogP contribution in [-0.4, -0.2) is 93.9 Å². The number of hydrogen-bond donors (Lipinski definition) is 2. The van der Waals surface area contributed by atoms with Crippen molar-refractivity contribution >= 4 is 33.1 Å². The monoisotopic (exact) mass is 913 g/mol. The molecular formula is C49H55N9O7S. The molecule has 1 saturated heterocycles. The second-order valence-corrected chi connectivity index (χ2v) is 19.2. The van der Waals surface area contributed by atoms with Crippen molar-refractivity contribution in [2.24, 2.45) is 5.92 Å². The first-order valence-electron chi connectivity index (χ1n) is 21.8. The normalized spacial score (nSPS) is 13.6. The van der Waals surface area contributed by atoms with Crippen LogP contribution in [0.1, 0.15) is 55.9 Å². The maximum atomic E-state index is 16.2. The highest BCUT2D eigenvalue weighted by Crippen LogP contribution is 2.43. The SMILES string of the molecule is COc1ccc(CN(Cc2ccc(OC)cc2)S(=O)(=O)c2c(CC3CCN(C(=O)OC(C)(C)C)CC3)ccc(-c3cccc4nc(N)[nH]c34)c2-c2nnn(Cc3ccc(OC)cc3)n2)cc1. The smallest absolute Gasteiger partial charge is 0.410 e. The molecule has 0 spiro atoms. The van der Waals surface area contributed by atoms with Crippen LogP contribution in [-0.2, 0) is 40.8 Å². The van der Waals surface area contributed by atoms with Crippen LogP contribution in [0.25, 0.3) is 33.5 Å². The zero-order valence-electron chi connectivity index (χ0n) is 38.0. The number of nitrogens with two attached hydrogens (primary N) is 1. The van der Waals surface area contributed by atoms with Gasteiger partial charge in [0.05, 0.1) is 49.4 Å². The number of benzene rings is 5. The van der Waals surface area contributed by atoms with Gasteiger partial charge < -0.3 is 34.6 Å². The number of rotatable bonds is 15. The number of fused-ring (bicyclic) bond motifs is 1. The van der Waals surface area contributed by atoms with Crippen molar-refractivity contribution in [1.29, 1.82) is 0 Å². The standard InChI is InChI=1S/C49H55N9O7S/c1-49(2,3)65-48(59)56-26-24-32(25-27-56)28-36-16-23-40(41-8-7-9-42-44(41)52-47(50)51-42)43(46-53-55-58(54-46)31-35-14-21-39(64-6)22-15-35)45(36)66(60,61)57(29-33-10-17-37(62-4)18-11-33)30-34-12-19-38(63-5)20-13-34/h7-23,32H,24-31H2,1-6H3,(H3,50,51,52). The molecule has 0 radical (unpaired) electrons. The zero-order valence-corrected chi connectivity index (χ0v) is 38.8. The summed E-state index contributed by atoms with van der Waals surface area (Å²) in [5, 5.41) is 14.0. The van der Waals surface area contributed by atoms with Crippen LogP contribution in [0.15, 0.2) is 108 Å². The first-order valence-corrected chi connectivity index (χ1v) is 23.2. The summed E-state index contributed by atoms with van der Waals surface area (Å²) in [6.45, 7) is 6.80. The third-order valence-corrected chi connectivity index (χ3v) is 13.6. The number of ether oxygens (including phenoxy) is 4. The number of carbonyl (C=O) groups is 1. The van der Waals surface area contributed by atoms with E-state index < -0.39 is 15.6 Å². The van der Waals surface area contributed by atoms with Crippen LogP contribution in [0.5, 0.6) is 17.2 Å². The number of aromatic nitrogens is 6. The molecule has 1 aliphatic rings. The topological polar surface area (TPSA) is 193 Å². The van der Waals surface area contributed by atoms with Crippen LogP contribution in [0, 0.1) is 5.92 Å². The summed E-state index contributed by atoms with van der Waals surface area (Å²) in [5.41, 5.74) is 11.3. The van der Waals surface area contributed by atoms with Gasteiger partial charge in [-0.1, -0.05) is 60.7 Å². The van der Waals surface area contributed by atoms with Crippen molar-refractivity contribution in [3.8, 4) is 39.8 Å². The third-order valence-electron chi connectivity index (χ3n) is 11.6. The number of H-pyrrole nitrogens is 1. The highest BCUT2D eigenvalue weighted by atomic mass is 32.2. The lowest BCUT2D eigenvalue weighted by Gasteiger charge is -2.34. The summed E-state index contributed by atoms with van der Waals surface area (Å²) in [5.74, 6) is 2.38. The number of amides is 1. The molecule has 1 amide bonds. The number of carbonyl (C=O) groups excluding carboxylic acids is 1. The van der Waals surface area contributed by atoms with Crippen molar-refractivity contribution in [2.45, 2.75) is 70.2 Å². The highest BCUT2D eigenvalue weighted by molar-refractivity contribution is 7.89. The Morgan fingerprint density at radius 2 is 1.36 bits per heavy atom.